The Bertz CT molecular complexity index is 277. The molecule has 0 radical (unpaired) electrons. The topological polar surface area (TPSA) is 30.0 Å². The Labute approximate surface area is 77.7 Å². The Balaban J connectivity index is 3.16. The summed E-state index contributed by atoms with van der Waals surface area (Å²) in [5.74, 6) is 0. The van der Waals surface area contributed by atoms with Crippen LogP contribution in [-0.4, -0.2) is 11.3 Å². The molecule has 0 saturated heterocycles. The summed E-state index contributed by atoms with van der Waals surface area (Å²) in [6.07, 6.45) is 2.23. The summed E-state index contributed by atoms with van der Waals surface area (Å²) in [5, 5.41) is 1.02. The Morgan fingerprint density at radius 1 is 1.73 bits per heavy atom. The molecule has 0 saturated carbocycles. The molecular weight excluding hydrogens is 229 g/mol. The third-order valence-corrected chi connectivity index (χ3v) is 2.07. The van der Waals surface area contributed by atoms with Gasteiger partial charge in [0.2, 0.25) is 0 Å². The van der Waals surface area contributed by atoms with E-state index >= 15 is 0 Å². The average molecular weight is 234 g/mol. The SMILES string of the molecule is O=Cc1cnc(Cl)cc1CBr. The van der Waals surface area contributed by atoms with Gasteiger partial charge in [-0.05, 0) is 11.6 Å². The lowest BCUT2D eigenvalue weighted by atomic mass is 10.2. The van der Waals surface area contributed by atoms with E-state index < -0.39 is 0 Å². The van der Waals surface area contributed by atoms with Crippen LogP contribution in [0.2, 0.25) is 5.15 Å². The smallest absolute Gasteiger partial charge is 0.151 e. The molecule has 1 aromatic rings. The van der Waals surface area contributed by atoms with Crippen molar-refractivity contribution in [3.8, 4) is 0 Å². The molecule has 0 aliphatic rings. The standard InChI is InChI=1S/C7H5BrClNO/c8-2-5-1-7(9)10-3-6(5)4-11/h1,3-4H,2H2. The van der Waals surface area contributed by atoms with Gasteiger partial charge in [-0.25, -0.2) is 4.98 Å². The second kappa shape index (κ2) is 3.83. The van der Waals surface area contributed by atoms with E-state index in [2.05, 4.69) is 20.9 Å². The van der Waals surface area contributed by atoms with Gasteiger partial charge < -0.3 is 0 Å². The predicted octanol–water partition coefficient (Wildman–Crippen LogP) is 2.44. The molecule has 1 heterocycles. The van der Waals surface area contributed by atoms with Gasteiger partial charge in [0.25, 0.3) is 0 Å². The normalized spacial score (nSPS) is 9.64. The van der Waals surface area contributed by atoms with Crippen LogP contribution >= 0.6 is 27.5 Å². The summed E-state index contributed by atoms with van der Waals surface area (Å²) in [6.45, 7) is 0. The lowest BCUT2D eigenvalue weighted by Crippen LogP contribution is -1.90. The summed E-state index contributed by atoms with van der Waals surface area (Å²) in [7, 11) is 0. The van der Waals surface area contributed by atoms with Crippen molar-refractivity contribution in [1.29, 1.82) is 0 Å². The number of nitrogens with zero attached hydrogens (tertiary/aromatic N) is 1. The molecule has 4 heteroatoms. The number of alkyl halides is 1. The lowest BCUT2D eigenvalue weighted by molar-refractivity contribution is 0.112. The Kier molecular flexibility index (Phi) is 3.02. The molecule has 0 aliphatic carbocycles. The number of pyridine rings is 1. The van der Waals surface area contributed by atoms with Crippen molar-refractivity contribution in [3.05, 3.63) is 28.5 Å². The molecule has 11 heavy (non-hydrogen) atoms. The van der Waals surface area contributed by atoms with Gasteiger partial charge in [0, 0.05) is 17.1 Å². The van der Waals surface area contributed by atoms with Gasteiger partial charge in [-0.3, -0.25) is 4.79 Å². The minimum Gasteiger partial charge on any atom is -0.298 e. The van der Waals surface area contributed by atoms with Gasteiger partial charge in [-0.15, -0.1) is 0 Å². The Morgan fingerprint density at radius 3 is 3.00 bits per heavy atom. The highest BCUT2D eigenvalue weighted by Crippen LogP contribution is 2.14. The third kappa shape index (κ3) is 2.01. The Hall–Kier alpha value is -0.410. The van der Waals surface area contributed by atoms with Crippen LogP contribution in [0.1, 0.15) is 15.9 Å². The number of carbonyl (C=O) groups is 1. The van der Waals surface area contributed by atoms with Gasteiger partial charge in [0.1, 0.15) is 5.15 Å². The average Bonchev–Trinajstić information content (AvgIpc) is 2.04. The first kappa shape index (κ1) is 8.68. The molecule has 0 unspecified atom stereocenters. The number of hydrogen-bond acceptors (Lipinski definition) is 2. The van der Waals surface area contributed by atoms with Crippen LogP contribution in [0, 0.1) is 0 Å². The highest BCUT2D eigenvalue weighted by molar-refractivity contribution is 9.08. The van der Waals surface area contributed by atoms with Crippen LogP contribution in [0.4, 0.5) is 0 Å². The lowest BCUT2D eigenvalue weighted by Gasteiger charge is -1.98. The molecule has 0 aromatic carbocycles. The first-order chi connectivity index (χ1) is 5.27. The Morgan fingerprint density at radius 2 is 2.45 bits per heavy atom. The van der Waals surface area contributed by atoms with Gasteiger partial charge in [0.15, 0.2) is 6.29 Å². The number of aromatic nitrogens is 1. The van der Waals surface area contributed by atoms with Crippen molar-refractivity contribution in [3.63, 3.8) is 0 Å². The van der Waals surface area contributed by atoms with Crippen molar-refractivity contribution < 1.29 is 4.79 Å². The van der Waals surface area contributed by atoms with E-state index in [0.29, 0.717) is 16.0 Å². The van der Waals surface area contributed by atoms with Crippen molar-refractivity contribution >= 4 is 33.8 Å². The molecule has 1 rings (SSSR count). The van der Waals surface area contributed by atoms with Gasteiger partial charge >= 0.3 is 0 Å². The zero-order valence-electron chi connectivity index (χ0n) is 5.55. The van der Waals surface area contributed by atoms with Crippen LogP contribution < -0.4 is 0 Å². The van der Waals surface area contributed by atoms with E-state index in [1.54, 1.807) is 6.07 Å². The second-order valence-corrected chi connectivity index (χ2v) is 2.91. The number of carbonyl (C=O) groups excluding carboxylic acids is 1. The number of aldehydes is 1. The predicted molar refractivity (Wildman–Crippen MR) is 47.3 cm³/mol. The molecule has 58 valence electrons. The summed E-state index contributed by atoms with van der Waals surface area (Å²) < 4.78 is 0. The number of hydrogen-bond donors (Lipinski definition) is 0. The summed E-state index contributed by atoms with van der Waals surface area (Å²) in [5.41, 5.74) is 1.44. The molecule has 0 bridgehead atoms. The first-order valence-corrected chi connectivity index (χ1v) is 4.43. The van der Waals surface area contributed by atoms with E-state index in [-0.39, 0.29) is 0 Å². The molecule has 1 aromatic heterocycles. The summed E-state index contributed by atoms with van der Waals surface area (Å²) >= 11 is 8.84. The van der Waals surface area contributed by atoms with E-state index in [1.807, 2.05) is 0 Å². The fourth-order valence-electron chi connectivity index (χ4n) is 0.700. The van der Waals surface area contributed by atoms with E-state index in [0.717, 1.165) is 11.8 Å². The largest absolute Gasteiger partial charge is 0.298 e. The van der Waals surface area contributed by atoms with E-state index in [9.17, 15) is 4.79 Å². The number of halogens is 2. The molecule has 0 fully saturated rings. The third-order valence-electron chi connectivity index (χ3n) is 1.26. The van der Waals surface area contributed by atoms with Crippen LogP contribution in [-0.2, 0) is 5.33 Å². The molecule has 2 nitrogen and oxygen atoms in total. The van der Waals surface area contributed by atoms with Crippen LogP contribution in [0.25, 0.3) is 0 Å². The highest BCUT2D eigenvalue weighted by atomic mass is 79.9. The minimum absolute atomic E-state index is 0.407. The zero-order chi connectivity index (χ0) is 8.27. The van der Waals surface area contributed by atoms with Crippen molar-refractivity contribution in [2.45, 2.75) is 5.33 Å². The van der Waals surface area contributed by atoms with Crippen LogP contribution in [0.3, 0.4) is 0 Å². The maximum absolute atomic E-state index is 10.4. The molecule has 0 spiro atoms. The van der Waals surface area contributed by atoms with E-state index in [1.165, 1.54) is 6.20 Å². The summed E-state index contributed by atoms with van der Waals surface area (Å²) in [6, 6.07) is 1.67. The van der Waals surface area contributed by atoms with Crippen molar-refractivity contribution in [1.82, 2.24) is 4.98 Å². The maximum Gasteiger partial charge on any atom is 0.151 e. The van der Waals surface area contributed by atoms with Crippen molar-refractivity contribution in [2.75, 3.05) is 0 Å². The monoisotopic (exact) mass is 233 g/mol. The second-order valence-electron chi connectivity index (χ2n) is 1.96. The minimum atomic E-state index is 0.407. The molecular formula is C7H5BrClNO. The fourth-order valence-corrected chi connectivity index (χ4v) is 1.37. The van der Waals surface area contributed by atoms with Crippen LogP contribution in [0.5, 0.6) is 0 Å². The molecule has 0 N–H and O–H groups in total. The van der Waals surface area contributed by atoms with Gasteiger partial charge in [0.05, 0.1) is 0 Å². The first-order valence-electron chi connectivity index (χ1n) is 2.93. The maximum atomic E-state index is 10.4. The molecule has 0 atom stereocenters. The number of rotatable bonds is 2. The molecule has 0 amide bonds. The quantitative estimate of drug-likeness (QED) is 0.447. The fraction of sp³-hybridized carbons (Fsp3) is 0.143. The molecule has 0 aliphatic heterocycles. The summed E-state index contributed by atoms with van der Waals surface area (Å²) in [4.78, 5) is 14.2. The van der Waals surface area contributed by atoms with Gasteiger partial charge in [-0.1, -0.05) is 27.5 Å². The zero-order valence-corrected chi connectivity index (χ0v) is 7.89. The highest BCUT2D eigenvalue weighted by Gasteiger charge is 2.00. The van der Waals surface area contributed by atoms with Crippen molar-refractivity contribution in [2.24, 2.45) is 0 Å². The van der Waals surface area contributed by atoms with Gasteiger partial charge in [-0.2, -0.15) is 0 Å². The van der Waals surface area contributed by atoms with E-state index in [4.69, 9.17) is 11.6 Å². The van der Waals surface area contributed by atoms with Crippen LogP contribution in [0.15, 0.2) is 12.3 Å².